The van der Waals surface area contributed by atoms with Crippen molar-refractivity contribution in [1.29, 1.82) is 0 Å². The fourth-order valence-corrected chi connectivity index (χ4v) is 2.42. The third-order valence-electron chi connectivity index (χ3n) is 3.56. The Morgan fingerprint density at radius 1 is 1.47 bits per heavy atom. The van der Waals surface area contributed by atoms with Crippen LogP contribution in [0.2, 0.25) is 0 Å². The molecule has 0 spiro atoms. The van der Waals surface area contributed by atoms with Crippen LogP contribution in [0.5, 0.6) is 5.75 Å². The van der Waals surface area contributed by atoms with Gasteiger partial charge in [-0.3, -0.25) is 4.79 Å². The lowest BCUT2D eigenvalue weighted by atomic mass is 9.93. The van der Waals surface area contributed by atoms with Crippen molar-refractivity contribution in [2.24, 2.45) is 0 Å². The van der Waals surface area contributed by atoms with E-state index in [9.17, 15) is 4.79 Å². The molecule has 0 aliphatic carbocycles. The van der Waals surface area contributed by atoms with Gasteiger partial charge in [0.2, 0.25) is 5.91 Å². The average molecular weight is 262 g/mol. The summed E-state index contributed by atoms with van der Waals surface area (Å²) < 4.78 is 5.64. The number of carbonyl (C=O) groups is 1. The second-order valence-corrected chi connectivity index (χ2v) is 5.23. The van der Waals surface area contributed by atoms with Crippen LogP contribution in [0.4, 0.5) is 0 Å². The second kappa shape index (κ2) is 6.06. The minimum Gasteiger partial charge on any atom is -0.493 e. The molecule has 104 valence electrons. The molecule has 1 aromatic carbocycles. The first-order chi connectivity index (χ1) is 9.09. The molecule has 1 amide bonds. The van der Waals surface area contributed by atoms with Gasteiger partial charge in [0.15, 0.2) is 0 Å². The number of nitrogens with one attached hydrogen (secondary N) is 1. The largest absolute Gasteiger partial charge is 0.493 e. The first-order valence-corrected chi connectivity index (χ1v) is 6.76. The molecule has 2 rings (SSSR count). The highest BCUT2D eigenvalue weighted by atomic mass is 16.5. The summed E-state index contributed by atoms with van der Waals surface area (Å²) in [7, 11) is 3.56. The van der Waals surface area contributed by atoms with Gasteiger partial charge in [-0.05, 0) is 25.0 Å². The summed E-state index contributed by atoms with van der Waals surface area (Å²) in [6.45, 7) is 3.47. The molecule has 0 aromatic heterocycles. The zero-order valence-corrected chi connectivity index (χ0v) is 11.8. The minimum absolute atomic E-state index is 0.111. The van der Waals surface area contributed by atoms with Crippen LogP contribution in [0.3, 0.4) is 0 Å². The van der Waals surface area contributed by atoms with Crippen molar-refractivity contribution >= 4 is 5.91 Å². The minimum atomic E-state index is -0.148. The molecule has 2 atom stereocenters. The average Bonchev–Trinajstić information content (AvgIpc) is 2.43. The molecule has 2 unspecified atom stereocenters. The number of likely N-dealkylation sites (N-methyl/N-ethyl adjacent to an activating group) is 1. The second-order valence-electron chi connectivity index (χ2n) is 5.23. The molecule has 19 heavy (non-hydrogen) atoms. The molecule has 0 bridgehead atoms. The predicted molar refractivity (Wildman–Crippen MR) is 75.5 cm³/mol. The zero-order valence-electron chi connectivity index (χ0n) is 11.8. The summed E-state index contributed by atoms with van der Waals surface area (Å²) in [5.41, 5.74) is 1.24. The number of carbonyl (C=O) groups excluding carboxylic acids is 1. The molecular weight excluding hydrogens is 240 g/mol. The summed E-state index contributed by atoms with van der Waals surface area (Å²) in [6, 6.07) is 8.00. The van der Waals surface area contributed by atoms with Crippen molar-refractivity contribution in [2.75, 3.05) is 27.2 Å². The molecular formula is C15H22N2O2. The number of nitrogens with zero attached hydrogens (tertiary/aromatic N) is 1. The number of amides is 1. The van der Waals surface area contributed by atoms with Gasteiger partial charge in [0.05, 0.1) is 12.6 Å². The number of rotatable bonds is 4. The van der Waals surface area contributed by atoms with Gasteiger partial charge in [-0.25, -0.2) is 0 Å². The van der Waals surface area contributed by atoms with Crippen molar-refractivity contribution in [1.82, 2.24) is 10.2 Å². The molecule has 1 aromatic rings. The third-order valence-corrected chi connectivity index (χ3v) is 3.56. The molecule has 0 fully saturated rings. The molecule has 1 heterocycles. The molecule has 4 nitrogen and oxygen atoms in total. The molecule has 1 aliphatic rings. The maximum absolute atomic E-state index is 11.8. The van der Waals surface area contributed by atoms with Crippen molar-refractivity contribution in [2.45, 2.75) is 25.3 Å². The number of hydrogen-bond acceptors (Lipinski definition) is 3. The predicted octanol–water partition coefficient (Wildman–Crippen LogP) is 1.62. The fraction of sp³-hybridized carbons (Fsp3) is 0.533. The molecule has 1 aliphatic heterocycles. The van der Waals surface area contributed by atoms with Crippen LogP contribution < -0.4 is 10.1 Å². The maximum Gasteiger partial charge on any atom is 0.238 e. The summed E-state index contributed by atoms with van der Waals surface area (Å²) in [4.78, 5) is 13.4. The van der Waals surface area contributed by atoms with Gasteiger partial charge >= 0.3 is 0 Å². The topological polar surface area (TPSA) is 41.6 Å². The van der Waals surface area contributed by atoms with Crippen LogP contribution >= 0.6 is 0 Å². The van der Waals surface area contributed by atoms with E-state index < -0.39 is 0 Å². The Bertz CT molecular complexity index is 446. The van der Waals surface area contributed by atoms with Gasteiger partial charge in [0, 0.05) is 26.6 Å². The monoisotopic (exact) mass is 262 g/mol. The Morgan fingerprint density at radius 3 is 2.95 bits per heavy atom. The lowest BCUT2D eigenvalue weighted by molar-refractivity contribution is -0.130. The Hall–Kier alpha value is -1.55. The number of fused-ring (bicyclic) bond motifs is 1. The Morgan fingerprint density at radius 2 is 2.21 bits per heavy atom. The maximum atomic E-state index is 11.8. The fourth-order valence-electron chi connectivity index (χ4n) is 2.42. The van der Waals surface area contributed by atoms with E-state index in [1.807, 2.05) is 25.1 Å². The standard InChI is InChI=1S/C15H22N2O2/c1-11(15(18)17(2)3)16-10-12-8-9-19-14-7-5-4-6-13(12)14/h4-7,11-12,16H,8-10H2,1-3H3. The van der Waals surface area contributed by atoms with E-state index in [1.54, 1.807) is 19.0 Å². The highest BCUT2D eigenvalue weighted by Gasteiger charge is 2.22. The highest BCUT2D eigenvalue weighted by molar-refractivity contribution is 5.80. The van der Waals surface area contributed by atoms with Crippen LogP contribution in [-0.4, -0.2) is 44.1 Å². The Kier molecular flexibility index (Phi) is 4.43. The molecule has 0 saturated heterocycles. The van der Waals surface area contributed by atoms with Gasteiger partial charge in [-0.15, -0.1) is 0 Å². The van der Waals surface area contributed by atoms with Crippen molar-refractivity contribution < 1.29 is 9.53 Å². The lowest BCUT2D eigenvalue weighted by Gasteiger charge is -2.27. The van der Waals surface area contributed by atoms with Crippen molar-refractivity contribution in [3.63, 3.8) is 0 Å². The first kappa shape index (κ1) is 13.9. The molecule has 1 N–H and O–H groups in total. The van der Waals surface area contributed by atoms with Crippen LogP contribution in [0, 0.1) is 0 Å². The highest BCUT2D eigenvalue weighted by Crippen LogP contribution is 2.32. The van der Waals surface area contributed by atoms with Crippen molar-refractivity contribution in [3.05, 3.63) is 29.8 Å². The van der Waals surface area contributed by atoms with Crippen LogP contribution in [0.15, 0.2) is 24.3 Å². The van der Waals surface area contributed by atoms with E-state index in [-0.39, 0.29) is 11.9 Å². The van der Waals surface area contributed by atoms with E-state index in [4.69, 9.17) is 4.74 Å². The first-order valence-electron chi connectivity index (χ1n) is 6.76. The molecule has 0 saturated carbocycles. The van der Waals surface area contributed by atoms with E-state index in [0.29, 0.717) is 5.92 Å². The Labute approximate surface area is 114 Å². The van der Waals surface area contributed by atoms with Crippen LogP contribution in [0.25, 0.3) is 0 Å². The number of hydrogen-bond donors (Lipinski definition) is 1. The van der Waals surface area contributed by atoms with Crippen molar-refractivity contribution in [3.8, 4) is 5.75 Å². The smallest absolute Gasteiger partial charge is 0.238 e. The quantitative estimate of drug-likeness (QED) is 0.896. The van der Waals surface area contributed by atoms with E-state index in [2.05, 4.69) is 11.4 Å². The van der Waals surface area contributed by atoms with E-state index in [0.717, 1.165) is 25.3 Å². The third kappa shape index (κ3) is 3.26. The normalized spacial score (nSPS) is 19.2. The summed E-state index contributed by atoms with van der Waals surface area (Å²) in [6.07, 6.45) is 0.993. The van der Waals surface area contributed by atoms with Gasteiger partial charge in [0.25, 0.3) is 0 Å². The van der Waals surface area contributed by atoms with Crippen LogP contribution in [-0.2, 0) is 4.79 Å². The summed E-state index contributed by atoms with van der Waals surface area (Å²) >= 11 is 0. The van der Waals surface area contributed by atoms with Gasteiger partial charge < -0.3 is 15.0 Å². The van der Waals surface area contributed by atoms with E-state index >= 15 is 0 Å². The van der Waals surface area contributed by atoms with Crippen LogP contribution in [0.1, 0.15) is 24.8 Å². The van der Waals surface area contributed by atoms with Gasteiger partial charge in [-0.1, -0.05) is 18.2 Å². The molecule has 4 heteroatoms. The van der Waals surface area contributed by atoms with E-state index in [1.165, 1.54) is 5.56 Å². The lowest BCUT2D eigenvalue weighted by Crippen LogP contribution is -2.43. The SMILES string of the molecule is CC(NCC1CCOc2ccccc21)C(=O)N(C)C. The molecule has 0 radical (unpaired) electrons. The number of para-hydroxylation sites is 1. The van der Waals surface area contributed by atoms with Gasteiger partial charge in [-0.2, -0.15) is 0 Å². The van der Waals surface area contributed by atoms with Gasteiger partial charge in [0.1, 0.15) is 5.75 Å². The summed E-state index contributed by atoms with van der Waals surface area (Å²) in [5.74, 6) is 1.51. The number of ether oxygens (including phenoxy) is 1. The number of benzene rings is 1. The summed E-state index contributed by atoms with van der Waals surface area (Å²) in [5, 5.41) is 3.33. The Balaban J connectivity index is 1.96. The zero-order chi connectivity index (χ0) is 13.8.